The fourth-order valence-corrected chi connectivity index (χ4v) is 3.63. The zero-order valence-electron chi connectivity index (χ0n) is 10.9. The molecule has 4 rings (SSSR count). The van der Waals surface area contributed by atoms with Crippen molar-refractivity contribution in [1.29, 1.82) is 0 Å². The summed E-state index contributed by atoms with van der Waals surface area (Å²) in [4.78, 5) is 5.94. The van der Waals surface area contributed by atoms with Crippen molar-refractivity contribution in [1.82, 2.24) is 14.6 Å². The molecule has 19 heavy (non-hydrogen) atoms. The third-order valence-corrected chi connectivity index (χ3v) is 4.77. The molecule has 0 radical (unpaired) electrons. The third kappa shape index (κ3) is 1.70. The molecule has 3 aromatic heterocycles. The topological polar surface area (TPSA) is 30.2 Å². The molecule has 0 N–H and O–H groups in total. The average molecular weight is 269 g/mol. The normalized spacial score (nSPS) is 14.8. The Hall–Kier alpha value is -1.68. The van der Waals surface area contributed by atoms with E-state index >= 15 is 0 Å². The Kier molecular flexibility index (Phi) is 2.45. The van der Waals surface area contributed by atoms with Crippen molar-refractivity contribution in [3.63, 3.8) is 0 Å². The van der Waals surface area contributed by atoms with Crippen molar-refractivity contribution in [2.24, 2.45) is 0 Å². The van der Waals surface area contributed by atoms with Crippen molar-refractivity contribution in [3.8, 4) is 10.6 Å². The van der Waals surface area contributed by atoms with E-state index in [1.807, 2.05) is 0 Å². The number of aromatic nitrogens is 3. The van der Waals surface area contributed by atoms with E-state index < -0.39 is 0 Å². The van der Waals surface area contributed by atoms with E-state index in [-0.39, 0.29) is 0 Å². The Labute approximate surface area is 115 Å². The molecule has 3 nitrogen and oxygen atoms in total. The van der Waals surface area contributed by atoms with Gasteiger partial charge in [-0.3, -0.25) is 0 Å². The highest BCUT2D eigenvalue weighted by Gasteiger charge is 2.18. The molecule has 0 saturated heterocycles. The molecule has 0 fully saturated rings. The zero-order chi connectivity index (χ0) is 12.8. The van der Waals surface area contributed by atoms with Gasteiger partial charge < -0.3 is 0 Å². The van der Waals surface area contributed by atoms with E-state index in [0.717, 1.165) is 24.2 Å². The number of fused-ring (bicyclic) bond motifs is 3. The number of aryl methyl sites for hydroxylation is 2. The lowest BCUT2D eigenvalue weighted by molar-refractivity contribution is 0.636. The molecule has 0 unspecified atom stereocenters. The van der Waals surface area contributed by atoms with Crippen LogP contribution < -0.4 is 0 Å². The Morgan fingerprint density at radius 3 is 3.00 bits per heavy atom. The van der Waals surface area contributed by atoms with Crippen LogP contribution in [0.25, 0.3) is 16.2 Å². The molecule has 0 aliphatic heterocycles. The standard InChI is InChI=1S/C15H15N3S/c1-10-11-5-2-3-6-13(11)18-15(16-10)9-12(17-18)14-7-4-8-19-14/h4,7-9H,2-3,5-6H2,1H3. The Morgan fingerprint density at radius 1 is 1.26 bits per heavy atom. The Morgan fingerprint density at radius 2 is 2.16 bits per heavy atom. The average Bonchev–Trinajstić information content (AvgIpc) is 3.07. The first-order valence-electron chi connectivity index (χ1n) is 6.75. The van der Waals surface area contributed by atoms with Crippen LogP contribution in [0.5, 0.6) is 0 Å². The van der Waals surface area contributed by atoms with Crippen LogP contribution in [-0.2, 0) is 12.8 Å². The van der Waals surface area contributed by atoms with Crippen molar-refractivity contribution >= 4 is 17.0 Å². The van der Waals surface area contributed by atoms with Crippen LogP contribution in [0.2, 0.25) is 0 Å². The van der Waals surface area contributed by atoms with Crippen LogP contribution in [0.1, 0.15) is 29.8 Å². The number of hydrogen-bond donors (Lipinski definition) is 0. The van der Waals surface area contributed by atoms with Gasteiger partial charge >= 0.3 is 0 Å². The SMILES string of the molecule is Cc1nc2cc(-c3cccs3)nn2c2c1CCCC2. The first kappa shape index (κ1) is 11.2. The van der Waals surface area contributed by atoms with Crippen molar-refractivity contribution in [3.05, 3.63) is 40.5 Å². The van der Waals surface area contributed by atoms with Crippen molar-refractivity contribution in [2.45, 2.75) is 32.6 Å². The van der Waals surface area contributed by atoms with Crippen molar-refractivity contribution in [2.75, 3.05) is 0 Å². The second kappa shape index (κ2) is 4.17. The Bertz CT molecular complexity index is 740. The van der Waals surface area contributed by atoms with E-state index in [1.165, 1.54) is 34.7 Å². The van der Waals surface area contributed by atoms with Gasteiger partial charge in [0, 0.05) is 17.5 Å². The largest absolute Gasteiger partial charge is 0.234 e. The van der Waals surface area contributed by atoms with Gasteiger partial charge in [0.1, 0.15) is 5.69 Å². The van der Waals surface area contributed by atoms with Gasteiger partial charge in [-0.2, -0.15) is 5.10 Å². The minimum absolute atomic E-state index is 0.988. The number of rotatable bonds is 1. The molecule has 1 aliphatic carbocycles. The highest BCUT2D eigenvalue weighted by Crippen LogP contribution is 2.28. The summed E-state index contributed by atoms with van der Waals surface area (Å²) in [5.74, 6) is 0. The van der Waals surface area contributed by atoms with Gasteiger partial charge in [-0.25, -0.2) is 9.50 Å². The maximum Gasteiger partial charge on any atom is 0.156 e. The van der Waals surface area contributed by atoms with Crippen LogP contribution >= 0.6 is 11.3 Å². The summed E-state index contributed by atoms with van der Waals surface area (Å²) >= 11 is 1.73. The van der Waals surface area contributed by atoms with E-state index in [9.17, 15) is 0 Å². The quantitative estimate of drug-likeness (QED) is 0.675. The molecule has 0 atom stereocenters. The van der Waals surface area contributed by atoms with Gasteiger partial charge in [0.15, 0.2) is 5.65 Å². The van der Waals surface area contributed by atoms with Crippen LogP contribution in [0.4, 0.5) is 0 Å². The van der Waals surface area contributed by atoms with Crippen LogP contribution in [-0.4, -0.2) is 14.6 Å². The Balaban J connectivity index is 1.98. The smallest absolute Gasteiger partial charge is 0.156 e. The molecule has 0 spiro atoms. The predicted octanol–water partition coefficient (Wildman–Crippen LogP) is 3.65. The molecular weight excluding hydrogens is 254 g/mol. The first-order valence-corrected chi connectivity index (χ1v) is 7.63. The van der Waals surface area contributed by atoms with Gasteiger partial charge in [-0.05, 0) is 49.6 Å². The summed E-state index contributed by atoms with van der Waals surface area (Å²) in [6, 6.07) is 6.29. The van der Waals surface area contributed by atoms with E-state index in [1.54, 1.807) is 11.3 Å². The van der Waals surface area contributed by atoms with Gasteiger partial charge in [-0.1, -0.05) is 6.07 Å². The number of thiophene rings is 1. The summed E-state index contributed by atoms with van der Waals surface area (Å²) < 4.78 is 2.07. The van der Waals surface area contributed by atoms with Gasteiger partial charge in [0.25, 0.3) is 0 Å². The lowest BCUT2D eigenvalue weighted by atomic mass is 9.95. The number of nitrogens with zero attached hydrogens (tertiary/aromatic N) is 3. The fourth-order valence-electron chi connectivity index (χ4n) is 2.95. The van der Waals surface area contributed by atoms with Crippen LogP contribution in [0.15, 0.2) is 23.6 Å². The van der Waals surface area contributed by atoms with Crippen LogP contribution in [0, 0.1) is 6.92 Å². The highest BCUT2D eigenvalue weighted by atomic mass is 32.1. The molecule has 0 aromatic carbocycles. The molecular formula is C15H15N3S. The van der Waals surface area contributed by atoms with E-state index in [4.69, 9.17) is 10.1 Å². The fraction of sp³-hybridized carbons (Fsp3) is 0.333. The second-order valence-electron chi connectivity index (χ2n) is 5.11. The summed E-state index contributed by atoms with van der Waals surface area (Å²) in [7, 11) is 0. The third-order valence-electron chi connectivity index (χ3n) is 3.88. The molecule has 3 heterocycles. The molecule has 96 valence electrons. The van der Waals surface area contributed by atoms with Gasteiger partial charge in [0.2, 0.25) is 0 Å². The number of hydrogen-bond acceptors (Lipinski definition) is 3. The minimum Gasteiger partial charge on any atom is -0.234 e. The summed E-state index contributed by atoms with van der Waals surface area (Å²) in [6.45, 7) is 2.13. The molecule has 0 amide bonds. The second-order valence-corrected chi connectivity index (χ2v) is 6.05. The lowest BCUT2D eigenvalue weighted by Gasteiger charge is -2.18. The minimum atomic E-state index is 0.988. The summed E-state index contributed by atoms with van der Waals surface area (Å²) in [5.41, 5.74) is 6.00. The van der Waals surface area contributed by atoms with E-state index in [0.29, 0.717) is 0 Å². The molecule has 0 saturated carbocycles. The highest BCUT2D eigenvalue weighted by molar-refractivity contribution is 7.13. The molecule has 3 aromatic rings. The van der Waals surface area contributed by atoms with Gasteiger partial charge in [-0.15, -0.1) is 11.3 Å². The van der Waals surface area contributed by atoms with Crippen LogP contribution in [0.3, 0.4) is 0 Å². The monoisotopic (exact) mass is 269 g/mol. The predicted molar refractivity (Wildman–Crippen MR) is 77.7 cm³/mol. The lowest BCUT2D eigenvalue weighted by Crippen LogP contribution is -2.13. The van der Waals surface area contributed by atoms with Gasteiger partial charge in [0.05, 0.1) is 4.88 Å². The van der Waals surface area contributed by atoms with Crippen molar-refractivity contribution < 1.29 is 0 Å². The maximum absolute atomic E-state index is 4.77. The first-order chi connectivity index (χ1) is 9.33. The molecule has 4 heteroatoms. The van der Waals surface area contributed by atoms with E-state index in [2.05, 4.69) is 35.0 Å². The zero-order valence-corrected chi connectivity index (χ0v) is 11.7. The maximum atomic E-state index is 4.77. The molecule has 1 aliphatic rings. The summed E-state index contributed by atoms with van der Waals surface area (Å²) in [5, 5.41) is 6.86. The molecule has 0 bridgehead atoms. The summed E-state index contributed by atoms with van der Waals surface area (Å²) in [6.07, 6.45) is 4.82.